The van der Waals surface area contributed by atoms with Crippen LogP contribution in [0.15, 0.2) is 54.6 Å². The minimum absolute atomic E-state index is 0.0965. The van der Waals surface area contributed by atoms with Crippen LogP contribution in [0.25, 0.3) is 0 Å². The molecule has 0 saturated carbocycles. The zero-order valence-electron chi connectivity index (χ0n) is 15.9. The zero-order chi connectivity index (χ0) is 19.8. The Kier molecular flexibility index (Phi) is 7.14. The summed E-state index contributed by atoms with van der Waals surface area (Å²) in [6.07, 6.45) is 3.24. The average Bonchev–Trinajstić information content (AvgIpc) is 2.70. The van der Waals surface area contributed by atoms with Gasteiger partial charge in [-0.25, -0.2) is 4.39 Å². The van der Waals surface area contributed by atoms with Gasteiger partial charge in [0.05, 0.1) is 13.1 Å². The summed E-state index contributed by atoms with van der Waals surface area (Å²) in [7, 11) is 0. The highest BCUT2D eigenvalue weighted by Gasteiger charge is 2.21. The van der Waals surface area contributed by atoms with E-state index in [2.05, 4.69) is 39.8 Å². The summed E-state index contributed by atoms with van der Waals surface area (Å²) in [5, 5.41) is 5.27. The maximum Gasteiger partial charge on any atom is 0.243 e. The molecule has 2 aromatic rings. The number of piperidine rings is 1. The van der Waals surface area contributed by atoms with E-state index in [-0.39, 0.29) is 24.2 Å². The molecule has 0 radical (unpaired) electrons. The fourth-order valence-corrected chi connectivity index (χ4v) is 3.47. The number of nitrogens with one attached hydrogen (secondary N) is 2. The van der Waals surface area contributed by atoms with Crippen LogP contribution in [0.5, 0.6) is 0 Å². The molecule has 0 atom stereocenters. The van der Waals surface area contributed by atoms with Crippen molar-refractivity contribution in [1.82, 2.24) is 10.2 Å². The van der Waals surface area contributed by atoms with Gasteiger partial charge < -0.3 is 10.6 Å². The standard InChI is InChI=1S/C22H26FN3O2/c23-19-6-8-20(9-7-19)25-21(27)15-24-22(28)16-26-12-10-18(11-13-26)14-17-4-2-1-3-5-17/h1-9,18H,10-16H2,(H,24,28)(H,25,27). The first-order valence-corrected chi connectivity index (χ1v) is 9.67. The highest BCUT2D eigenvalue weighted by Crippen LogP contribution is 2.21. The van der Waals surface area contributed by atoms with Crippen molar-refractivity contribution in [2.45, 2.75) is 19.3 Å². The number of rotatable bonds is 7. The number of likely N-dealkylation sites (tertiary alicyclic amines) is 1. The number of amides is 2. The Morgan fingerprint density at radius 1 is 0.964 bits per heavy atom. The van der Waals surface area contributed by atoms with Crippen LogP contribution >= 0.6 is 0 Å². The number of hydrogen-bond acceptors (Lipinski definition) is 3. The van der Waals surface area contributed by atoms with Crippen LogP contribution in [0.1, 0.15) is 18.4 Å². The second kappa shape index (κ2) is 9.99. The summed E-state index contributed by atoms with van der Waals surface area (Å²) >= 11 is 0. The molecule has 2 N–H and O–H groups in total. The van der Waals surface area contributed by atoms with Gasteiger partial charge in [0, 0.05) is 5.69 Å². The number of hydrogen-bond donors (Lipinski definition) is 2. The smallest absolute Gasteiger partial charge is 0.243 e. The highest BCUT2D eigenvalue weighted by atomic mass is 19.1. The summed E-state index contributed by atoms with van der Waals surface area (Å²) in [4.78, 5) is 26.1. The lowest BCUT2D eigenvalue weighted by Crippen LogP contribution is -2.43. The van der Waals surface area contributed by atoms with Crippen LogP contribution in [-0.4, -0.2) is 42.9 Å². The van der Waals surface area contributed by atoms with Crippen molar-refractivity contribution in [3.63, 3.8) is 0 Å². The van der Waals surface area contributed by atoms with Crippen molar-refractivity contribution in [3.05, 3.63) is 66.0 Å². The van der Waals surface area contributed by atoms with Gasteiger partial charge in [0.1, 0.15) is 5.82 Å². The minimum Gasteiger partial charge on any atom is -0.346 e. The van der Waals surface area contributed by atoms with E-state index in [4.69, 9.17) is 0 Å². The molecule has 0 aliphatic carbocycles. The predicted octanol–water partition coefficient (Wildman–Crippen LogP) is 2.84. The van der Waals surface area contributed by atoms with Gasteiger partial charge in [-0.15, -0.1) is 0 Å². The Balaban J connectivity index is 1.33. The molecule has 28 heavy (non-hydrogen) atoms. The summed E-state index contributed by atoms with van der Waals surface area (Å²) in [5.74, 6) is -0.195. The third kappa shape index (κ3) is 6.46. The molecule has 0 unspecified atom stereocenters. The summed E-state index contributed by atoms with van der Waals surface area (Å²) < 4.78 is 12.9. The third-order valence-corrected chi connectivity index (χ3v) is 5.02. The molecule has 2 amide bonds. The van der Waals surface area contributed by atoms with Crippen LogP contribution in [0.3, 0.4) is 0 Å². The minimum atomic E-state index is -0.362. The van der Waals surface area contributed by atoms with Crippen LogP contribution in [0.2, 0.25) is 0 Å². The molecule has 1 aliphatic heterocycles. The molecule has 1 heterocycles. The molecular formula is C22H26FN3O2. The molecule has 0 spiro atoms. The Bertz CT molecular complexity index is 772. The fraction of sp³-hybridized carbons (Fsp3) is 0.364. The second-order valence-electron chi connectivity index (χ2n) is 7.24. The molecule has 3 rings (SSSR count). The molecule has 6 heteroatoms. The summed E-state index contributed by atoms with van der Waals surface area (Å²) in [6.45, 7) is 2.00. The lowest BCUT2D eigenvalue weighted by molar-refractivity contribution is -0.125. The second-order valence-corrected chi connectivity index (χ2v) is 7.24. The van der Waals surface area contributed by atoms with Crippen LogP contribution in [0.4, 0.5) is 10.1 Å². The largest absolute Gasteiger partial charge is 0.346 e. The third-order valence-electron chi connectivity index (χ3n) is 5.02. The number of carbonyl (C=O) groups is 2. The van der Waals surface area contributed by atoms with E-state index in [1.54, 1.807) is 0 Å². The van der Waals surface area contributed by atoms with E-state index in [0.717, 1.165) is 32.4 Å². The number of halogens is 1. The van der Waals surface area contributed by atoms with E-state index in [1.165, 1.54) is 29.8 Å². The number of nitrogens with zero attached hydrogens (tertiary/aromatic N) is 1. The molecule has 0 aromatic heterocycles. The van der Waals surface area contributed by atoms with Gasteiger partial charge in [0.25, 0.3) is 0 Å². The monoisotopic (exact) mass is 383 g/mol. The van der Waals surface area contributed by atoms with E-state index in [0.29, 0.717) is 18.2 Å². The lowest BCUT2D eigenvalue weighted by Gasteiger charge is -2.31. The molecule has 1 aliphatic rings. The zero-order valence-corrected chi connectivity index (χ0v) is 15.9. The average molecular weight is 383 g/mol. The van der Waals surface area contributed by atoms with Crippen molar-refractivity contribution in [2.75, 3.05) is 31.5 Å². The van der Waals surface area contributed by atoms with Gasteiger partial charge in [-0.3, -0.25) is 14.5 Å². The fourth-order valence-electron chi connectivity index (χ4n) is 3.47. The molecule has 1 fully saturated rings. The number of anilines is 1. The Labute approximate surface area is 164 Å². The molecular weight excluding hydrogens is 357 g/mol. The van der Waals surface area contributed by atoms with Crippen LogP contribution < -0.4 is 10.6 Å². The van der Waals surface area contributed by atoms with Gasteiger partial charge >= 0.3 is 0 Å². The first-order chi connectivity index (χ1) is 13.6. The van der Waals surface area contributed by atoms with Crippen molar-refractivity contribution in [1.29, 1.82) is 0 Å². The predicted molar refractivity (Wildman–Crippen MR) is 107 cm³/mol. The maximum absolute atomic E-state index is 12.9. The quantitative estimate of drug-likeness (QED) is 0.773. The topological polar surface area (TPSA) is 61.4 Å². The molecule has 148 valence electrons. The van der Waals surface area contributed by atoms with Crippen molar-refractivity contribution < 1.29 is 14.0 Å². The van der Waals surface area contributed by atoms with Gasteiger partial charge in [0.15, 0.2) is 0 Å². The molecule has 5 nitrogen and oxygen atoms in total. The normalized spacial score (nSPS) is 15.2. The van der Waals surface area contributed by atoms with Crippen molar-refractivity contribution in [2.24, 2.45) is 5.92 Å². The molecule has 1 saturated heterocycles. The first-order valence-electron chi connectivity index (χ1n) is 9.67. The first kappa shape index (κ1) is 20.0. The molecule has 2 aromatic carbocycles. The van der Waals surface area contributed by atoms with Crippen molar-refractivity contribution in [3.8, 4) is 0 Å². The lowest BCUT2D eigenvalue weighted by atomic mass is 9.90. The summed E-state index contributed by atoms with van der Waals surface area (Å²) in [5.41, 5.74) is 1.87. The number of benzene rings is 2. The van der Waals surface area contributed by atoms with Crippen LogP contribution in [-0.2, 0) is 16.0 Å². The van der Waals surface area contributed by atoms with Gasteiger partial charge in [-0.2, -0.15) is 0 Å². The van der Waals surface area contributed by atoms with E-state index in [1.807, 2.05) is 6.07 Å². The SMILES string of the molecule is O=C(CN1CCC(Cc2ccccc2)CC1)NCC(=O)Nc1ccc(F)cc1. The highest BCUT2D eigenvalue weighted by molar-refractivity contribution is 5.94. The Morgan fingerprint density at radius 2 is 1.64 bits per heavy atom. The van der Waals surface area contributed by atoms with E-state index in [9.17, 15) is 14.0 Å². The van der Waals surface area contributed by atoms with Gasteiger partial charge in [-0.1, -0.05) is 30.3 Å². The Hall–Kier alpha value is -2.73. The number of carbonyl (C=O) groups excluding carboxylic acids is 2. The Morgan fingerprint density at radius 3 is 2.32 bits per heavy atom. The van der Waals surface area contributed by atoms with Crippen LogP contribution in [0, 0.1) is 11.7 Å². The van der Waals surface area contributed by atoms with Gasteiger partial charge in [-0.05, 0) is 68.1 Å². The summed E-state index contributed by atoms with van der Waals surface area (Å²) in [6, 6.07) is 16.0. The van der Waals surface area contributed by atoms with E-state index < -0.39 is 0 Å². The maximum atomic E-state index is 12.9. The van der Waals surface area contributed by atoms with Gasteiger partial charge in [0.2, 0.25) is 11.8 Å². The van der Waals surface area contributed by atoms with E-state index >= 15 is 0 Å². The molecule has 0 bridgehead atoms. The van der Waals surface area contributed by atoms with Crippen molar-refractivity contribution >= 4 is 17.5 Å².